The Balaban J connectivity index is 1.59. The maximum Gasteiger partial charge on any atom is 0.319 e. The van der Waals surface area contributed by atoms with Crippen LogP contribution in [-0.2, 0) is 4.74 Å². The summed E-state index contributed by atoms with van der Waals surface area (Å²) < 4.78 is 16.7. The van der Waals surface area contributed by atoms with Crippen molar-refractivity contribution >= 4 is 22.6 Å². The van der Waals surface area contributed by atoms with E-state index in [-0.39, 0.29) is 35.7 Å². The smallest absolute Gasteiger partial charge is 0.319 e. The van der Waals surface area contributed by atoms with Crippen molar-refractivity contribution < 1.29 is 19.0 Å². The summed E-state index contributed by atoms with van der Waals surface area (Å²) >= 11 is 0. The number of carbonyl (C=O) groups is 1. The molecule has 1 N–H and O–H groups in total. The fourth-order valence-corrected chi connectivity index (χ4v) is 4.95. The number of aromatic nitrogens is 5. The monoisotopic (exact) mass is 510 g/mol. The Bertz CT molecular complexity index is 1210. The molecule has 4 rings (SSSR count). The maximum absolute atomic E-state index is 13.1. The molecule has 0 spiro atoms. The van der Waals surface area contributed by atoms with Crippen LogP contribution in [0.1, 0.15) is 69.1 Å². The van der Waals surface area contributed by atoms with Gasteiger partial charge in [-0.2, -0.15) is 15.1 Å². The lowest BCUT2D eigenvalue weighted by atomic mass is 9.83. The van der Waals surface area contributed by atoms with E-state index in [2.05, 4.69) is 45.8 Å². The molecule has 3 aromatic heterocycles. The first-order valence-electron chi connectivity index (χ1n) is 13.0. The summed E-state index contributed by atoms with van der Waals surface area (Å²) in [5.41, 5.74) is 2.11. The van der Waals surface area contributed by atoms with Crippen LogP contribution in [0.2, 0.25) is 0 Å². The molecule has 0 unspecified atom stereocenters. The Morgan fingerprint density at radius 2 is 2.08 bits per heavy atom. The van der Waals surface area contributed by atoms with Gasteiger partial charge in [-0.1, -0.05) is 27.2 Å². The Labute approximate surface area is 218 Å². The van der Waals surface area contributed by atoms with Crippen LogP contribution in [0.3, 0.4) is 0 Å². The molecule has 0 radical (unpaired) electrons. The fraction of sp³-hybridized carbons (Fsp3) is 0.593. The van der Waals surface area contributed by atoms with Crippen molar-refractivity contribution in [3.8, 4) is 11.8 Å². The van der Waals surface area contributed by atoms with E-state index >= 15 is 0 Å². The predicted octanol–water partition coefficient (Wildman–Crippen LogP) is 4.42. The first kappa shape index (κ1) is 26.8. The zero-order valence-corrected chi connectivity index (χ0v) is 22.7. The molecule has 1 fully saturated rings. The molecule has 0 amide bonds. The normalized spacial score (nSPS) is 19.6. The number of hydrogen-bond donors (Lipinski definition) is 1. The molecular weight excluding hydrogens is 472 g/mol. The van der Waals surface area contributed by atoms with E-state index in [4.69, 9.17) is 19.2 Å². The van der Waals surface area contributed by atoms with E-state index in [1.807, 2.05) is 19.1 Å². The Morgan fingerprint density at radius 1 is 1.27 bits per heavy atom. The molecule has 200 valence electrons. The van der Waals surface area contributed by atoms with Gasteiger partial charge in [0.05, 0.1) is 24.8 Å². The molecule has 4 atom stereocenters. The number of nitrogens with one attached hydrogen (secondary N) is 1. The Morgan fingerprint density at radius 3 is 2.78 bits per heavy atom. The van der Waals surface area contributed by atoms with Crippen molar-refractivity contribution in [2.45, 2.75) is 59.0 Å². The third-order valence-electron chi connectivity index (χ3n) is 7.18. The number of ketones is 1. The van der Waals surface area contributed by atoms with Gasteiger partial charge in [0.25, 0.3) is 0 Å². The molecule has 4 heterocycles. The summed E-state index contributed by atoms with van der Waals surface area (Å²) in [6.07, 6.45) is 3.74. The highest BCUT2D eigenvalue weighted by molar-refractivity contribution is 5.95. The number of hydrogen-bond acceptors (Lipinski definition) is 9. The molecule has 10 heteroatoms. The van der Waals surface area contributed by atoms with Crippen LogP contribution in [0.15, 0.2) is 18.3 Å². The van der Waals surface area contributed by atoms with E-state index in [0.717, 1.165) is 42.8 Å². The molecule has 3 aromatic rings. The number of Topliss-reactive ketones (excluding diaryl/α,β-unsaturated/α-hetero) is 1. The number of methoxy groups -OCH3 is 2. The average Bonchev–Trinajstić information content (AvgIpc) is 3.32. The molecular formula is C27H38N6O4. The summed E-state index contributed by atoms with van der Waals surface area (Å²) in [4.78, 5) is 28.8. The summed E-state index contributed by atoms with van der Waals surface area (Å²) in [5.74, 6) is 2.32. The minimum atomic E-state index is -0.236. The number of ether oxygens (including phenoxy) is 3. The number of fused-ring (bicyclic) bond motifs is 1. The average molecular weight is 511 g/mol. The first-order chi connectivity index (χ1) is 17.8. The standard InChI is InChI=1S/C27H38N6O4/c1-7-16(2)12-21(34)20-13-23(30-27(29-20)37-18(4)15-35-5)33-11-9-19(17(3)14-33)25-24-22(36-6)8-10-28-26(24)32-31-25/h8,10,13,16-19H,7,9,11-12,14-15H2,1-6H3,(H,28,31,32)/t16-,17-,18-,19-/m1/s1. The van der Waals surface area contributed by atoms with Gasteiger partial charge in [-0.05, 0) is 31.2 Å². The fourth-order valence-electron chi connectivity index (χ4n) is 4.95. The van der Waals surface area contributed by atoms with Crippen LogP contribution in [0.5, 0.6) is 11.8 Å². The summed E-state index contributed by atoms with van der Waals surface area (Å²) in [6.45, 7) is 10.2. The van der Waals surface area contributed by atoms with Gasteiger partial charge in [0, 0.05) is 44.8 Å². The quantitative estimate of drug-likeness (QED) is 0.374. The van der Waals surface area contributed by atoms with Gasteiger partial charge in [-0.25, -0.2) is 4.98 Å². The van der Waals surface area contributed by atoms with Gasteiger partial charge in [-0.15, -0.1) is 0 Å². The SMILES string of the molecule is CC[C@@H](C)CC(=O)c1cc(N2CC[C@@H](c3[nH]nc4nccc(OC)c34)[C@H](C)C2)nc(O[C@H](C)COC)n1. The molecule has 0 saturated carbocycles. The predicted molar refractivity (Wildman–Crippen MR) is 142 cm³/mol. The molecule has 1 aliphatic rings. The van der Waals surface area contributed by atoms with E-state index < -0.39 is 0 Å². The molecule has 37 heavy (non-hydrogen) atoms. The number of pyridine rings is 1. The Hall–Kier alpha value is -3.27. The minimum absolute atomic E-state index is 0.00806. The van der Waals surface area contributed by atoms with Gasteiger partial charge in [0.2, 0.25) is 0 Å². The molecule has 0 bridgehead atoms. The zero-order valence-electron chi connectivity index (χ0n) is 22.7. The number of aromatic amines is 1. The number of rotatable bonds is 11. The molecule has 1 saturated heterocycles. The molecule has 10 nitrogen and oxygen atoms in total. The lowest BCUT2D eigenvalue weighted by Gasteiger charge is -2.37. The minimum Gasteiger partial charge on any atom is -0.496 e. The van der Waals surface area contributed by atoms with Crippen molar-refractivity contribution in [1.82, 2.24) is 25.1 Å². The van der Waals surface area contributed by atoms with Gasteiger partial charge in [0.1, 0.15) is 23.4 Å². The third-order valence-corrected chi connectivity index (χ3v) is 7.18. The van der Waals surface area contributed by atoms with Gasteiger partial charge in [-0.3, -0.25) is 9.89 Å². The van der Waals surface area contributed by atoms with Crippen LogP contribution >= 0.6 is 0 Å². The topological polar surface area (TPSA) is 115 Å². The van der Waals surface area contributed by atoms with Crippen LogP contribution in [0.4, 0.5) is 5.82 Å². The number of nitrogens with zero attached hydrogens (tertiary/aromatic N) is 5. The number of anilines is 1. The number of piperidine rings is 1. The molecule has 1 aliphatic heterocycles. The third kappa shape index (κ3) is 6.01. The second kappa shape index (κ2) is 11.9. The van der Waals surface area contributed by atoms with Gasteiger partial charge >= 0.3 is 6.01 Å². The first-order valence-corrected chi connectivity index (χ1v) is 13.0. The maximum atomic E-state index is 13.1. The largest absolute Gasteiger partial charge is 0.496 e. The zero-order chi connectivity index (χ0) is 26.5. The Kier molecular flexibility index (Phi) is 8.58. The molecule has 0 aromatic carbocycles. The van der Waals surface area contributed by atoms with E-state index in [9.17, 15) is 4.79 Å². The highest BCUT2D eigenvalue weighted by Gasteiger charge is 2.32. The summed E-state index contributed by atoms with van der Waals surface area (Å²) in [5, 5.41) is 8.58. The van der Waals surface area contributed by atoms with E-state index in [1.54, 1.807) is 20.4 Å². The van der Waals surface area contributed by atoms with Crippen molar-refractivity contribution in [2.24, 2.45) is 11.8 Å². The van der Waals surface area contributed by atoms with E-state index in [0.29, 0.717) is 30.2 Å². The van der Waals surface area contributed by atoms with Crippen molar-refractivity contribution in [3.05, 3.63) is 29.7 Å². The van der Waals surface area contributed by atoms with Crippen LogP contribution in [-0.4, -0.2) is 71.0 Å². The number of H-pyrrole nitrogens is 1. The summed E-state index contributed by atoms with van der Waals surface area (Å²) in [7, 11) is 3.29. The number of carbonyl (C=O) groups excluding carboxylic acids is 1. The van der Waals surface area contributed by atoms with Gasteiger partial charge in [0.15, 0.2) is 11.4 Å². The van der Waals surface area contributed by atoms with Crippen LogP contribution in [0, 0.1) is 11.8 Å². The van der Waals surface area contributed by atoms with E-state index in [1.165, 1.54) is 0 Å². The van der Waals surface area contributed by atoms with Crippen molar-refractivity contribution in [1.29, 1.82) is 0 Å². The second-order valence-corrected chi connectivity index (χ2v) is 10.1. The second-order valence-electron chi connectivity index (χ2n) is 10.1. The van der Waals surface area contributed by atoms with Crippen LogP contribution < -0.4 is 14.4 Å². The lowest BCUT2D eigenvalue weighted by Crippen LogP contribution is -2.39. The lowest BCUT2D eigenvalue weighted by molar-refractivity contribution is 0.0844. The van der Waals surface area contributed by atoms with Crippen LogP contribution in [0.25, 0.3) is 11.0 Å². The highest BCUT2D eigenvalue weighted by Crippen LogP contribution is 2.39. The van der Waals surface area contributed by atoms with Gasteiger partial charge < -0.3 is 19.1 Å². The highest BCUT2D eigenvalue weighted by atomic mass is 16.5. The van der Waals surface area contributed by atoms with Crippen molar-refractivity contribution in [2.75, 3.05) is 38.8 Å². The molecule has 0 aliphatic carbocycles. The summed E-state index contributed by atoms with van der Waals surface area (Å²) in [6, 6.07) is 3.88. The van der Waals surface area contributed by atoms with Crippen molar-refractivity contribution in [3.63, 3.8) is 0 Å².